The van der Waals surface area contributed by atoms with E-state index in [9.17, 15) is 26.8 Å². The van der Waals surface area contributed by atoms with E-state index in [0.29, 0.717) is 0 Å². The second-order valence-electron chi connectivity index (χ2n) is 5.83. The van der Waals surface area contributed by atoms with E-state index < -0.39 is 34.3 Å². The number of hydrogen-bond donors (Lipinski definition) is 1. The normalized spacial score (nSPS) is 22.4. The van der Waals surface area contributed by atoms with Crippen LogP contribution < -0.4 is 5.32 Å². The molecule has 1 saturated heterocycles. The zero-order chi connectivity index (χ0) is 18.4. The topological polar surface area (TPSA) is 86.8 Å². The molecule has 1 atom stereocenters. The molecule has 0 saturated carbocycles. The Morgan fingerprint density at radius 3 is 2.76 bits per heavy atom. The minimum absolute atomic E-state index is 0.00696. The maximum absolute atomic E-state index is 12.8. The molecule has 0 bridgehead atoms. The summed E-state index contributed by atoms with van der Waals surface area (Å²) in [6.45, 7) is 1.84. The molecule has 0 aromatic heterocycles. The minimum atomic E-state index is -3.98. The molecule has 1 unspecified atom stereocenters. The van der Waals surface area contributed by atoms with Crippen LogP contribution in [0.25, 0.3) is 0 Å². The zero-order valence-corrected chi connectivity index (χ0v) is 14.2. The number of rotatable bonds is 3. The van der Waals surface area contributed by atoms with Crippen LogP contribution in [0.1, 0.15) is 27.6 Å². The van der Waals surface area contributed by atoms with Gasteiger partial charge < -0.3 is 10.2 Å². The molecule has 0 radical (unpaired) electrons. The molecule has 1 fully saturated rings. The van der Waals surface area contributed by atoms with Crippen molar-refractivity contribution in [1.82, 2.24) is 14.5 Å². The average Bonchev–Trinajstić information content (AvgIpc) is 2.79. The van der Waals surface area contributed by atoms with Gasteiger partial charge in [0.1, 0.15) is 4.90 Å². The Morgan fingerprint density at radius 2 is 2.12 bits per heavy atom. The van der Waals surface area contributed by atoms with Gasteiger partial charge in [0.05, 0.1) is 11.6 Å². The molecule has 10 heteroatoms. The molecule has 0 aliphatic carbocycles. The first-order chi connectivity index (χ1) is 11.8. The van der Waals surface area contributed by atoms with Crippen molar-refractivity contribution >= 4 is 21.8 Å². The Hall–Kier alpha value is -2.07. The van der Waals surface area contributed by atoms with Crippen molar-refractivity contribution in [3.8, 4) is 0 Å². The molecule has 2 amide bonds. The van der Waals surface area contributed by atoms with E-state index in [0.717, 1.165) is 10.4 Å². The highest BCUT2D eigenvalue weighted by molar-refractivity contribution is 7.90. The lowest BCUT2D eigenvalue weighted by Gasteiger charge is -2.33. The first kappa shape index (κ1) is 17.7. The summed E-state index contributed by atoms with van der Waals surface area (Å²) in [6, 6.07) is 2.69. The molecule has 1 aromatic carbocycles. The SMILES string of the molecule is CCN1C(=O)c2ccc(C(=O)N3CCNC(C(F)F)C3)cc2S1(=O)=O. The second kappa shape index (κ2) is 6.34. The van der Waals surface area contributed by atoms with Crippen molar-refractivity contribution in [2.45, 2.75) is 24.3 Å². The Bertz CT molecular complexity index is 828. The van der Waals surface area contributed by atoms with Crippen LogP contribution >= 0.6 is 0 Å². The first-order valence-corrected chi connectivity index (χ1v) is 9.23. The molecule has 2 aliphatic rings. The standard InChI is InChI=1S/C15H17F2N3O4S/c1-2-20-15(22)10-4-3-9(7-12(10)25(20,23)24)14(21)19-6-5-18-11(8-19)13(16)17/h3-4,7,11,13,18H,2,5-6,8H2,1H3. The Morgan fingerprint density at radius 1 is 1.40 bits per heavy atom. The number of alkyl halides is 2. The number of carbonyl (C=O) groups is 2. The molecule has 1 aromatic rings. The molecule has 2 aliphatic heterocycles. The quantitative estimate of drug-likeness (QED) is 0.835. The smallest absolute Gasteiger partial charge is 0.268 e. The Labute approximate surface area is 143 Å². The number of nitrogens with zero attached hydrogens (tertiary/aromatic N) is 2. The van der Waals surface area contributed by atoms with Crippen molar-refractivity contribution in [2.24, 2.45) is 0 Å². The van der Waals surface area contributed by atoms with E-state index in [2.05, 4.69) is 5.32 Å². The summed E-state index contributed by atoms with van der Waals surface area (Å²) in [5.41, 5.74) is 0.0761. The van der Waals surface area contributed by atoms with Gasteiger partial charge in [-0.25, -0.2) is 21.5 Å². The fourth-order valence-electron chi connectivity index (χ4n) is 3.04. The summed E-state index contributed by atoms with van der Waals surface area (Å²) in [5, 5.41) is 2.64. The van der Waals surface area contributed by atoms with Gasteiger partial charge in [-0.2, -0.15) is 0 Å². The number of amides is 2. The predicted molar refractivity (Wildman–Crippen MR) is 84.0 cm³/mol. The van der Waals surface area contributed by atoms with Gasteiger partial charge in [0.2, 0.25) is 0 Å². The number of benzene rings is 1. The largest absolute Gasteiger partial charge is 0.336 e. The van der Waals surface area contributed by atoms with E-state index in [-0.39, 0.29) is 42.2 Å². The second-order valence-corrected chi connectivity index (χ2v) is 7.66. The number of fused-ring (bicyclic) bond motifs is 1. The molecule has 0 spiro atoms. The number of nitrogens with one attached hydrogen (secondary N) is 1. The lowest BCUT2D eigenvalue weighted by Crippen LogP contribution is -2.55. The van der Waals surface area contributed by atoms with Crippen LogP contribution in [0, 0.1) is 0 Å². The van der Waals surface area contributed by atoms with Gasteiger partial charge in [0, 0.05) is 31.7 Å². The van der Waals surface area contributed by atoms with Crippen LogP contribution in [0.5, 0.6) is 0 Å². The fraction of sp³-hybridized carbons (Fsp3) is 0.467. The summed E-state index contributed by atoms with van der Waals surface area (Å²) in [4.78, 5) is 25.7. The average molecular weight is 373 g/mol. The van der Waals surface area contributed by atoms with Gasteiger partial charge >= 0.3 is 0 Å². The van der Waals surface area contributed by atoms with Gasteiger partial charge in [-0.1, -0.05) is 0 Å². The number of piperazine rings is 1. The maximum Gasteiger partial charge on any atom is 0.268 e. The minimum Gasteiger partial charge on any atom is -0.336 e. The molecule has 3 rings (SSSR count). The fourth-order valence-corrected chi connectivity index (χ4v) is 4.64. The summed E-state index contributed by atoms with van der Waals surface area (Å²) < 4.78 is 51.2. The lowest BCUT2D eigenvalue weighted by atomic mass is 10.1. The van der Waals surface area contributed by atoms with Gasteiger partial charge in [0.15, 0.2) is 0 Å². The van der Waals surface area contributed by atoms with E-state index >= 15 is 0 Å². The molecule has 1 N–H and O–H groups in total. The van der Waals surface area contributed by atoms with Gasteiger partial charge in [-0.15, -0.1) is 0 Å². The van der Waals surface area contributed by atoms with Crippen LogP contribution in [-0.2, 0) is 10.0 Å². The van der Waals surface area contributed by atoms with Crippen molar-refractivity contribution < 1.29 is 26.8 Å². The maximum atomic E-state index is 12.8. The van der Waals surface area contributed by atoms with Crippen molar-refractivity contribution in [3.63, 3.8) is 0 Å². The van der Waals surface area contributed by atoms with E-state index in [1.807, 2.05) is 0 Å². The van der Waals surface area contributed by atoms with Crippen molar-refractivity contribution in [1.29, 1.82) is 0 Å². The number of hydrogen-bond acceptors (Lipinski definition) is 5. The van der Waals surface area contributed by atoms with E-state index in [1.54, 1.807) is 6.92 Å². The highest BCUT2D eigenvalue weighted by Gasteiger charge is 2.41. The summed E-state index contributed by atoms with van der Waals surface area (Å²) >= 11 is 0. The molecule has 7 nitrogen and oxygen atoms in total. The van der Waals surface area contributed by atoms with Crippen LogP contribution in [0.4, 0.5) is 8.78 Å². The number of carbonyl (C=O) groups excluding carboxylic acids is 2. The number of halogens is 2. The Kier molecular flexibility index (Phi) is 4.50. The molecule has 136 valence electrons. The van der Waals surface area contributed by atoms with Crippen molar-refractivity contribution in [2.75, 3.05) is 26.2 Å². The highest BCUT2D eigenvalue weighted by atomic mass is 32.2. The lowest BCUT2D eigenvalue weighted by molar-refractivity contribution is 0.0452. The van der Waals surface area contributed by atoms with Crippen LogP contribution in [0.2, 0.25) is 0 Å². The molecular weight excluding hydrogens is 356 g/mol. The third kappa shape index (κ3) is 2.89. The summed E-state index contributed by atoms with van der Waals surface area (Å²) in [6.07, 6.45) is -2.60. The van der Waals surface area contributed by atoms with E-state index in [1.165, 1.54) is 17.0 Å². The van der Waals surface area contributed by atoms with Crippen LogP contribution in [-0.4, -0.2) is 68.1 Å². The third-order valence-electron chi connectivity index (χ3n) is 4.34. The van der Waals surface area contributed by atoms with Crippen LogP contribution in [0.3, 0.4) is 0 Å². The van der Waals surface area contributed by atoms with Crippen LogP contribution in [0.15, 0.2) is 23.1 Å². The summed E-state index contributed by atoms with van der Waals surface area (Å²) in [7, 11) is -3.98. The number of sulfonamides is 1. The van der Waals surface area contributed by atoms with E-state index in [4.69, 9.17) is 0 Å². The van der Waals surface area contributed by atoms with Gasteiger partial charge in [-0.3, -0.25) is 9.59 Å². The highest BCUT2D eigenvalue weighted by Crippen LogP contribution is 2.31. The van der Waals surface area contributed by atoms with Gasteiger partial charge in [-0.05, 0) is 25.1 Å². The molecule has 25 heavy (non-hydrogen) atoms. The van der Waals surface area contributed by atoms with Crippen molar-refractivity contribution in [3.05, 3.63) is 29.3 Å². The molecule has 2 heterocycles. The van der Waals surface area contributed by atoms with Gasteiger partial charge in [0.25, 0.3) is 28.3 Å². The molecular formula is C15H17F2N3O4S. The third-order valence-corrected chi connectivity index (χ3v) is 6.24. The Balaban J connectivity index is 1.91. The monoisotopic (exact) mass is 373 g/mol. The predicted octanol–water partition coefficient (Wildman–Crippen LogP) is 0.530. The first-order valence-electron chi connectivity index (χ1n) is 7.79. The summed E-state index contributed by atoms with van der Waals surface area (Å²) in [5.74, 6) is -1.16. The zero-order valence-electron chi connectivity index (χ0n) is 13.4.